The summed E-state index contributed by atoms with van der Waals surface area (Å²) >= 11 is 1.70. The second kappa shape index (κ2) is 6.56. The minimum atomic E-state index is 0.116. The largest absolute Gasteiger partial charge is 0.493 e. The van der Waals surface area contributed by atoms with Gasteiger partial charge in [0.1, 0.15) is 10.8 Å². The molecule has 0 radical (unpaired) electrons. The second-order valence-electron chi connectivity index (χ2n) is 5.17. The van der Waals surface area contributed by atoms with E-state index in [0.717, 1.165) is 36.0 Å². The van der Waals surface area contributed by atoms with Gasteiger partial charge in [-0.3, -0.25) is 0 Å². The molecule has 112 valence electrons. The number of nitrogens with zero attached hydrogens (tertiary/aromatic N) is 1. The van der Waals surface area contributed by atoms with Crippen molar-refractivity contribution in [3.05, 3.63) is 45.4 Å². The molecule has 0 saturated heterocycles. The fourth-order valence-corrected chi connectivity index (χ4v) is 3.44. The van der Waals surface area contributed by atoms with E-state index in [2.05, 4.69) is 33.9 Å². The second-order valence-corrected chi connectivity index (χ2v) is 6.06. The zero-order valence-electron chi connectivity index (χ0n) is 12.4. The number of nitrogens with one attached hydrogen (secondary N) is 1. The van der Waals surface area contributed by atoms with Crippen LogP contribution in [0, 0.1) is 6.92 Å². The van der Waals surface area contributed by atoms with Crippen molar-refractivity contribution >= 4 is 11.3 Å². The monoisotopic (exact) mass is 304 g/mol. The Morgan fingerprint density at radius 2 is 2.38 bits per heavy atom. The van der Waals surface area contributed by atoms with Gasteiger partial charge in [-0.15, -0.1) is 11.3 Å². The Labute approximate surface area is 129 Å². The lowest BCUT2D eigenvalue weighted by molar-refractivity contribution is 0.197. The average Bonchev–Trinajstić information content (AvgIpc) is 3.11. The fourth-order valence-electron chi connectivity index (χ4n) is 2.54. The van der Waals surface area contributed by atoms with Gasteiger partial charge in [-0.25, -0.2) is 4.98 Å². The van der Waals surface area contributed by atoms with Crippen molar-refractivity contribution in [2.45, 2.75) is 19.4 Å². The molecule has 1 N–H and O–H groups in total. The van der Waals surface area contributed by atoms with Crippen LogP contribution >= 0.6 is 11.3 Å². The predicted molar refractivity (Wildman–Crippen MR) is 84.2 cm³/mol. The molecule has 1 aromatic carbocycles. The number of methoxy groups -OCH3 is 1. The van der Waals surface area contributed by atoms with E-state index in [1.807, 2.05) is 6.92 Å². The zero-order chi connectivity index (χ0) is 14.7. The Morgan fingerprint density at radius 3 is 3.14 bits per heavy atom. The van der Waals surface area contributed by atoms with Crippen LogP contribution in [-0.2, 0) is 11.2 Å². The summed E-state index contributed by atoms with van der Waals surface area (Å²) in [5.41, 5.74) is 3.60. The molecule has 0 saturated carbocycles. The maximum Gasteiger partial charge on any atom is 0.122 e. The highest BCUT2D eigenvalue weighted by Crippen LogP contribution is 2.31. The minimum Gasteiger partial charge on any atom is -0.493 e. The Morgan fingerprint density at radius 1 is 1.48 bits per heavy atom. The lowest BCUT2D eigenvalue weighted by Crippen LogP contribution is -2.26. The van der Waals surface area contributed by atoms with Gasteiger partial charge in [0.2, 0.25) is 0 Å². The van der Waals surface area contributed by atoms with Crippen LogP contribution in [0.3, 0.4) is 0 Å². The number of fused-ring (bicyclic) bond motifs is 1. The number of benzene rings is 1. The maximum absolute atomic E-state index is 5.59. The van der Waals surface area contributed by atoms with Crippen molar-refractivity contribution in [3.63, 3.8) is 0 Å². The van der Waals surface area contributed by atoms with E-state index < -0.39 is 0 Å². The topological polar surface area (TPSA) is 43.4 Å². The Bertz CT molecular complexity index is 612. The molecule has 2 heterocycles. The average molecular weight is 304 g/mol. The number of rotatable bonds is 6. The molecule has 1 aliphatic heterocycles. The van der Waals surface area contributed by atoms with Gasteiger partial charge in [0.25, 0.3) is 0 Å². The van der Waals surface area contributed by atoms with Crippen LogP contribution in [0.1, 0.15) is 27.9 Å². The lowest BCUT2D eigenvalue weighted by atomic mass is 10.0. The predicted octanol–water partition coefficient (Wildman–Crippen LogP) is 2.71. The molecule has 0 amide bonds. The van der Waals surface area contributed by atoms with Gasteiger partial charge in [-0.1, -0.05) is 6.07 Å². The fraction of sp³-hybridized carbons (Fsp3) is 0.438. The van der Waals surface area contributed by atoms with Crippen LogP contribution in [-0.4, -0.2) is 31.9 Å². The Balaban J connectivity index is 1.87. The summed E-state index contributed by atoms with van der Waals surface area (Å²) in [6.45, 7) is 4.31. The van der Waals surface area contributed by atoms with Gasteiger partial charge in [0, 0.05) is 31.1 Å². The molecule has 1 aromatic heterocycles. The summed E-state index contributed by atoms with van der Waals surface area (Å²) in [5, 5.41) is 6.73. The van der Waals surface area contributed by atoms with Gasteiger partial charge >= 0.3 is 0 Å². The third-order valence-corrected chi connectivity index (χ3v) is 4.61. The molecule has 0 bridgehead atoms. The SMILES string of the molecule is COCCNC(c1ccc2c(c1)CCO2)c1nc(C)cs1. The van der Waals surface area contributed by atoms with Crippen LogP contribution in [0.2, 0.25) is 0 Å². The highest BCUT2D eigenvalue weighted by atomic mass is 32.1. The van der Waals surface area contributed by atoms with E-state index in [-0.39, 0.29) is 6.04 Å². The smallest absolute Gasteiger partial charge is 0.122 e. The van der Waals surface area contributed by atoms with E-state index in [0.29, 0.717) is 6.61 Å². The summed E-state index contributed by atoms with van der Waals surface area (Å²) in [7, 11) is 1.72. The summed E-state index contributed by atoms with van der Waals surface area (Å²) in [6.07, 6.45) is 0.991. The van der Waals surface area contributed by atoms with Gasteiger partial charge in [-0.2, -0.15) is 0 Å². The molecule has 0 fully saturated rings. The van der Waals surface area contributed by atoms with Crippen LogP contribution < -0.4 is 10.1 Å². The Hall–Kier alpha value is -1.43. The van der Waals surface area contributed by atoms with Gasteiger partial charge in [0.05, 0.1) is 19.3 Å². The van der Waals surface area contributed by atoms with Crippen molar-refractivity contribution in [2.75, 3.05) is 26.9 Å². The molecule has 21 heavy (non-hydrogen) atoms. The van der Waals surface area contributed by atoms with E-state index in [4.69, 9.17) is 9.47 Å². The summed E-state index contributed by atoms with van der Waals surface area (Å²) in [4.78, 5) is 4.64. The first-order chi connectivity index (χ1) is 10.3. The molecule has 0 spiro atoms. The third-order valence-electron chi connectivity index (χ3n) is 3.59. The number of hydrogen-bond acceptors (Lipinski definition) is 5. The van der Waals surface area contributed by atoms with Crippen LogP contribution in [0.15, 0.2) is 23.6 Å². The number of hydrogen-bond donors (Lipinski definition) is 1. The first-order valence-electron chi connectivity index (χ1n) is 7.18. The molecule has 3 rings (SSSR count). The molecule has 1 atom stereocenters. The standard InChI is InChI=1S/C16H20N2O2S/c1-11-10-21-16(18-11)15(17-6-8-19-2)13-3-4-14-12(9-13)5-7-20-14/h3-4,9-10,15,17H,5-8H2,1-2H3. The van der Waals surface area contributed by atoms with Gasteiger partial charge in [0.15, 0.2) is 0 Å². The maximum atomic E-state index is 5.59. The molecular weight excluding hydrogens is 284 g/mol. The van der Waals surface area contributed by atoms with Crippen molar-refractivity contribution in [3.8, 4) is 5.75 Å². The lowest BCUT2D eigenvalue weighted by Gasteiger charge is -2.17. The van der Waals surface area contributed by atoms with Crippen molar-refractivity contribution in [1.82, 2.24) is 10.3 Å². The highest BCUT2D eigenvalue weighted by molar-refractivity contribution is 7.09. The van der Waals surface area contributed by atoms with Crippen molar-refractivity contribution < 1.29 is 9.47 Å². The molecule has 1 unspecified atom stereocenters. The van der Waals surface area contributed by atoms with Crippen molar-refractivity contribution in [2.24, 2.45) is 0 Å². The Kier molecular flexibility index (Phi) is 4.53. The van der Waals surface area contributed by atoms with Crippen molar-refractivity contribution in [1.29, 1.82) is 0 Å². The van der Waals surface area contributed by atoms with Gasteiger partial charge < -0.3 is 14.8 Å². The highest BCUT2D eigenvalue weighted by Gasteiger charge is 2.20. The molecule has 4 nitrogen and oxygen atoms in total. The van der Waals surface area contributed by atoms with E-state index in [9.17, 15) is 0 Å². The van der Waals surface area contributed by atoms with Crippen LogP contribution in [0.5, 0.6) is 5.75 Å². The van der Waals surface area contributed by atoms with Crippen LogP contribution in [0.25, 0.3) is 0 Å². The quantitative estimate of drug-likeness (QED) is 0.833. The summed E-state index contributed by atoms with van der Waals surface area (Å²) in [5.74, 6) is 1.02. The third kappa shape index (κ3) is 3.26. The summed E-state index contributed by atoms with van der Waals surface area (Å²) in [6, 6.07) is 6.56. The van der Waals surface area contributed by atoms with Gasteiger partial charge in [-0.05, 0) is 30.2 Å². The van der Waals surface area contributed by atoms with Crippen LogP contribution in [0.4, 0.5) is 0 Å². The molecule has 5 heteroatoms. The van der Waals surface area contributed by atoms with E-state index in [1.54, 1.807) is 18.4 Å². The number of aromatic nitrogens is 1. The first kappa shape index (κ1) is 14.5. The molecule has 2 aromatic rings. The van der Waals surface area contributed by atoms with E-state index in [1.165, 1.54) is 11.1 Å². The molecule has 0 aliphatic carbocycles. The normalized spacial score (nSPS) is 14.8. The summed E-state index contributed by atoms with van der Waals surface area (Å²) < 4.78 is 10.7. The molecule has 1 aliphatic rings. The zero-order valence-corrected chi connectivity index (χ0v) is 13.2. The minimum absolute atomic E-state index is 0.116. The number of thiazole rings is 1. The number of ether oxygens (including phenoxy) is 2. The number of aryl methyl sites for hydroxylation is 1. The molecular formula is C16H20N2O2S. The van der Waals surface area contributed by atoms with E-state index >= 15 is 0 Å². The first-order valence-corrected chi connectivity index (χ1v) is 8.06.